The van der Waals surface area contributed by atoms with Crippen LogP contribution < -0.4 is 10.6 Å². The lowest BCUT2D eigenvalue weighted by Crippen LogP contribution is -2.40. The summed E-state index contributed by atoms with van der Waals surface area (Å²) in [5, 5.41) is 6.85. The van der Waals surface area contributed by atoms with E-state index in [2.05, 4.69) is 22.5 Å². The van der Waals surface area contributed by atoms with Crippen molar-refractivity contribution in [1.29, 1.82) is 0 Å². The van der Waals surface area contributed by atoms with E-state index < -0.39 is 0 Å². The zero-order valence-electron chi connectivity index (χ0n) is 14.3. The third kappa shape index (κ3) is 8.56. The summed E-state index contributed by atoms with van der Waals surface area (Å²) in [7, 11) is 1.85. The summed E-state index contributed by atoms with van der Waals surface area (Å²) in [5.41, 5.74) is 0. The van der Waals surface area contributed by atoms with Crippen molar-refractivity contribution in [3.05, 3.63) is 0 Å². The van der Waals surface area contributed by atoms with Gasteiger partial charge in [0, 0.05) is 33.4 Å². The minimum absolute atomic E-state index is 0. The van der Waals surface area contributed by atoms with Crippen molar-refractivity contribution < 1.29 is 4.74 Å². The molecule has 22 heavy (non-hydrogen) atoms. The normalized spacial score (nSPS) is 25.5. The van der Waals surface area contributed by atoms with E-state index in [1.807, 2.05) is 7.05 Å². The lowest BCUT2D eigenvalue weighted by atomic mass is 9.83. The summed E-state index contributed by atoms with van der Waals surface area (Å²) in [4.78, 5) is 4.30. The maximum atomic E-state index is 5.64. The van der Waals surface area contributed by atoms with Crippen LogP contribution in [0.3, 0.4) is 0 Å². The van der Waals surface area contributed by atoms with Crippen LogP contribution in [0.25, 0.3) is 0 Å². The first-order valence-corrected chi connectivity index (χ1v) is 8.80. The van der Waals surface area contributed by atoms with Crippen LogP contribution in [0.1, 0.15) is 51.9 Å². The van der Waals surface area contributed by atoms with Crippen LogP contribution in [0, 0.1) is 17.8 Å². The van der Waals surface area contributed by atoms with Gasteiger partial charge in [0.25, 0.3) is 0 Å². The molecule has 2 N–H and O–H groups in total. The molecule has 0 amide bonds. The van der Waals surface area contributed by atoms with E-state index in [1.165, 1.54) is 38.5 Å². The third-order valence-corrected chi connectivity index (χ3v) is 4.73. The predicted molar refractivity (Wildman–Crippen MR) is 104 cm³/mol. The molecule has 0 aromatic heterocycles. The van der Waals surface area contributed by atoms with Gasteiger partial charge in [-0.3, -0.25) is 4.99 Å². The quantitative estimate of drug-likeness (QED) is 0.272. The van der Waals surface area contributed by atoms with Gasteiger partial charge in [0.15, 0.2) is 5.96 Å². The van der Waals surface area contributed by atoms with Crippen LogP contribution in [0.5, 0.6) is 0 Å². The molecule has 2 aliphatic carbocycles. The van der Waals surface area contributed by atoms with Gasteiger partial charge in [-0.25, -0.2) is 0 Å². The number of nitrogens with one attached hydrogen (secondary N) is 2. The fraction of sp³-hybridized carbons (Fsp3) is 0.941. The van der Waals surface area contributed by atoms with Gasteiger partial charge >= 0.3 is 0 Å². The number of hydrogen-bond donors (Lipinski definition) is 2. The number of guanidine groups is 1. The van der Waals surface area contributed by atoms with Crippen LogP contribution in [-0.2, 0) is 4.74 Å². The van der Waals surface area contributed by atoms with Crippen LogP contribution in [0.4, 0.5) is 0 Å². The number of ether oxygens (including phenoxy) is 1. The minimum atomic E-state index is 0. The minimum Gasteiger partial charge on any atom is -0.381 e. The second kappa shape index (κ2) is 11.5. The Hall–Kier alpha value is -0.0400. The van der Waals surface area contributed by atoms with Gasteiger partial charge in [-0.1, -0.05) is 19.8 Å². The number of hydrogen-bond acceptors (Lipinski definition) is 2. The van der Waals surface area contributed by atoms with E-state index in [9.17, 15) is 0 Å². The molecule has 4 nitrogen and oxygen atoms in total. The van der Waals surface area contributed by atoms with Crippen molar-refractivity contribution in [1.82, 2.24) is 10.6 Å². The van der Waals surface area contributed by atoms with E-state index in [4.69, 9.17) is 4.74 Å². The first kappa shape index (κ1) is 20.0. The number of aliphatic imine (C=N–C) groups is 1. The highest BCUT2D eigenvalue weighted by atomic mass is 127. The van der Waals surface area contributed by atoms with Gasteiger partial charge in [-0.15, -0.1) is 24.0 Å². The molecular weight excluding hydrogens is 389 g/mol. The average molecular weight is 423 g/mol. The third-order valence-electron chi connectivity index (χ3n) is 4.73. The number of halogens is 1. The molecule has 0 bridgehead atoms. The van der Waals surface area contributed by atoms with Crippen LogP contribution in [0.15, 0.2) is 4.99 Å². The van der Waals surface area contributed by atoms with E-state index in [0.29, 0.717) is 0 Å². The predicted octanol–water partition coefficient (Wildman–Crippen LogP) is 3.41. The maximum Gasteiger partial charge on any atom is 0.190 e. The van der Waals surface area contributed by atoms with Crippen molar-refractivity contribution in [3.8, 4) is 0 Å². The molecule has 0 heterocycles. The van der Waals surface area contributed by atoms with E-state index >= 15 is 0 Å². The van der Waals surface area contributed by atoms with Crippen molar-refractivity contribution in [3.63, 3.8) is 0 Å². The average Bonchev–Trinajstić information content (AvgIpc) is 3.31. The molecule has 0 spiro atoms. The Balaban J connectivity index is 0.00000242. The van der Waals surface area contributed by atoms with Gasteiger partial charge in [-0.05, 0) is 49.9 Å². The number of nitrogens with zero attached hydrogens (tertiary/aromatic N) is 1. The molecule has 2 aliphatic rings. The topological polar surface area (TPSA) is 45.7 Å². The van der Waals surface area contributed by atoms with Crippen LogP contribution in [-0.4, -0.2) is 39.3 Å². The summed E-state index contributed by atoms with van der Waals surface area (Å²) in [6.07, 6.45) is 9.28. The second-order valence-electron chi connectivity index (χ2n) is 6.88. The molecule has 0 unspecified atom stereocenters. The van der Waals surface area contributed by atoms with E-state index in [-0.39, 0.29) is 24.0 Å². The van der Waals surface area contributed by atoms with Gasteiger partial charge in [0.05, 0.1) is 0 Å². The van der Waals surface area contributed by atoms with E-state index in [0.717, 1.165) is 56.4 Å². The summed E-state index contributed by atoms with van der Waals surface area (Å²) in [6, 6.07) is 0. The summed E-state index contributed by atoms with van der Waals surface area (Å²) in [5.74, 6) is 3.55. The Morgan fingerprint density at radius 1 is 1.05 bits per heavy atom. The SMILES string of the molecule is CN=C(NCCCOCC1CC1)NCC1CCC(C)CC1.I. The van der Waals surface area contributed by atoms with Crippen LogP contribution >= 0.6 is 24.0 Å². The molecule has 0 aromatic rings. The van der Waals surface area contributed by atoms with Crippen molar-refractivity contribution in [2.75, 3.05) is 33.4 Å². The van der Waals surface area contributed by atoms with Crippen molar-refractivity contribution >= 4 is 29.9 Å². The number of rotatable bonds is 8. The molecule has 0 aromatic carbocycles. The first-order valence-electron chi connectivity index (χ1n) is 8.80. The fourth-order valence-electron chi connectivity index (χ4n) is 2.91. The largest absolute Gasteiger partial charge is 0.381 e. The smallest absolute Gasteiger partial charge is 0.190 e. The molecular formula is C17H34IN3O. The summed E-state index contributed by atoms with van der Waals surface area (Å²) >= 11 is 0. The zero-order valence-corrected chi connectivity index (χ0v) is 16.6. The summed E-state index contributed by atoms with van der Waals surface area (Å²) < 4.78 is 5.64. The molecule has 0 atom stereocenters. The fourth-order valence-corrected chi connectivity index (χ4v) is 2.91. The molecule has 0 saturated heterocycles. The lowest BCUT2D eigenvalue weighted by Gasteiger charge is -2.26. The molecule has 0 aliphatic heterocycles. The zero-order chi connectivity index (χ0) is 14.9. The maximum absolute atomic E-state index is 5.64. The Bertz CT molecular complexity index is 313. The Morgan fingerprint density at radius 2 is 1.73 bits per heavy atom. The van der Waals surface area contributed by atoms with Crippen molar-refractivity contribution in [2.45, 2.75) is 51.9 Å². The molecule has 0 radical (unpaired) electrons. The van der Waals surface area contributed by atoms with Gasteiger partial charge < -0.3 is 15.4 Å². The highest BCUT2D eigenvalue weighted by Gasteiger charge is 2.21. The van der Waals surface area contributed by atoms with Crippen LogP contribution in [0.2, 0.25) is 0 Å². The van der Waals surface area contributed by atoms with Gasteiger partial charge in [0.2, 0.25) is 0 Å². The highest BCUT2D eigenvalue weighted by Crippen LogP contribution is 2.28. The Labute approximate surface area is 153 Å². The molecule has 2 fully saturated rings. The van der Waals surface area contributed by atoms with Crippen molar-refractivity contribution in [2.24, 2.45) is 22.7 Å². The van der Waals surface area contributed by atoms with E-state index in [1.54, 1.807) is 0 Å². The van der Waals surface area contributed by atoms with Gasteiger partial charge in [-0.2, -0.15) is 0 Å². The Morgan fingerprint density at radius 3 is 2.36 bits per heavy atom. The first-order chi connectivity index (χ1) is 10.3. The summed E-state index contributed by atoms with van der Waals surface area (Å²) in [6.45, 7) is 6.19. The standard InChI is InChI=1S/C17H33N3O.HI/c1-14-4-6-15(7-5-14)12-20-17(18-2)19-10-3-11-21-13-16-8-9-16;/h14-16H,3-13H2,1-2H3,(H2,18,19,20);1H. The Kier molecular flexibility index (Phi) is 10.4. The second-order valence-corrected chi connectivity index (χ2v) is 6.88. The molecule has 130 valence electrons. The lowest BCUT2D eigenvalue weighted by molar-refractivity contribution is 0.123. The highest BCUT2D eigenvalue weighted by molar-refractivity contribution is 14.0. The molecule has 2 rings (SSSR count). The monoisotopic (exact) mass is 423 g/mol. The van der Waals surface area contributed by atoms with Gasteiger partial charge in [0.1, 0.15) is 0 Å². The molecule has 2 saturated carbocycles. The molecule has 5 heteroatoms.